The molecule has 53 heavy (non-hydrogen) atoms. The van der Waals surface area contributed by atoms with E-state index in [4.69, 9.17) is 8.83 Å². The van der Waals surface area contributed by atoms with Gasteiger partial charge in [0.1, 0.15) is 42.3 Å². The van der Waals surface area contributed by atoms with Gasteiger partial charge in [0.15, 0.2) is 11.4 Å². The van der Waals surface area contributed by atoms with E-state index in [1.165, 1.54) is 15.5 Å². The van der Waals surface area contributed by atoms with Gasteiger partial charge in [-0.1, -0.05) is 44.2 Å². The minimum absolute atomic E-state index is 0.00119. The average molecular weight is 727 g/mol. The highest BCUT2D eigenvalue weighted by atomic mass is 16.3. The molecule has 4 aromatic rings. The molecule has 5 amide bonds. The number of pyridine rings is 1. The molecular formula is C37H42N8O8. The van der Waals surface area contributed by atoms with Crippen LogP contribution in [0.1, 0.15) is 100 Å². The largest absolute Gasteiger partial charge is 0.446 e. The molecule has 2 aliphatic heterocycles. The van der Waals surface area contributed by atoms with Crippen LogP contribution in [0.3, 0.4) is 0 Å². The first-order valence-corrected chi connectivity index (χ1v) is 17.4. The third-order valence-electron chi connectivity index (χ3n) is 9.45. The number of benzene rings is 1. The fourth-order valence-corrected chi connectivity index (χ4v) is 6.49. The lowest BCUT2D eigenvalue weighted by molar-refractivity contribution is -0.126. The molecule has 4 bridgehead atoms. The van der Waals surface area contributed by atoms with Gasteiger partial charge in [-0.15, -0.1) is 0 Å². The number of aromatic nitrogens is 3. The Morgan fingerprint density at radius 3 is 2.34 bits per heavy atom. The average Bonchev–Trinajstić information content (AvgIpc) is 3.90. The van der Waals surface area contributed by atoms with Crippen LogP contribution in [0.15, 0.2) is 68.6 Å². The van der Waals surface area contributed by atoms with E-state index in [0.29, 0.717) is 12.1 Å². The van der Waals surface area contributed by atoms with Gasteiger partial charge in [-0.05, 0) is 50.3 Å². The summed E-state index contributed by atoms with van der Waals surface area (Å²) in [5.41, 5.74) is 0.712. The van der Waals surface area contributed by atoms with E-state index in [1.54, 1.807) is 27.0 Å². The van der Waals surface area contributed by atoms with Gasteiger partial charge in [0.2, 0.25) is 23.6 Å². The third-order valence-corrected chi connectivity index (χ3v) is 9.45. The molecule has 6 rings (SSSR count). The summed E-state index contributed by atoms with van der Waals surface area (Å²) in [6, 6.07) is 7.86. The number of nitrogens with zero attached hydrogens (tertiary/aromatic N) is 4. The second kappa shape index (κ2) is 15.3. The van der Waals surface area contributed by atoms with Crippen LogP contribution in [-0.4, -0.2) is 73.6 Å². The summed E-state index contributed by atoms with van der Waals surface area (Å²) in [7, 11) is 1.56. The highest BCUT2D eigenvalue weighted by Gasteiger charge is 2.43. The molecule has 0 saturated carbocycles. The van der Waals surface area contributed by atoms with Crippen molar-refractivity contribution in [3.63, 3.8) is 0 Å². The van der Waals surface area contributed by atoms with Gasteiger partial charge in [0.05, 0.1) is 0 Å². The molecule has 4 N–H and O–H groups in total. The first-order valence-electron chi connectivity index (χ1n) is 17.4. The molecule has 16 heteroatoms. The standard InChI is InChI=1S/C37H42N8O8/c1-19(2)13-25-31(47)38-21(4)34-43-28(18-52-34)37(51)45-16-23(39-30(46)24-12-11-20(3)44(5)36(24)50)15-29(45)33(49)41-26(14-22-9-7-6-8-10-22)35-42-27(17-53-35)32(48)40-25/h6-12,17-19,21,23,25-26,29H,13-16H2,1-5H3,(H,38,47)(H,39,46)(H,40,48)(H,41,49)/t21-,23+,25-,26+,29+/m1/s1. The molecule has 278 valence electrons. The van der Waals surface area contributed by atoms with Gasteiger partial charge in [-0.25, -0.2) is 9.97 Å². The molecular weight excluding hydrogens is 684 g/mol. The summed E-state index contributed by atoms with van der Waals surface area (Å²) in [6.45, 7) is 7.10. The van der Waals surface area contributed by atoms with Crippen LogP contribution in [-0.2, 0) is 23.1 Å². The normalized spacial score (nSPS) is 22.4. The summed E-state index contributed by atoms with van der Waals surface area (Å²) in [5.74, 6) is -2.91. The minimum atomic E-state index is -1.11. The number of hydrogen-bond donors (Lipinski definition) is 4. The highest BCUT2D eigenvalue weighted by Crippen LogP contribution is 2.26. The van der Waals surface area contributed by atoms with Crippen molar-refractivity contribution in [2.24, 2.45) is 13.0 Å². The smallest absolute Gasteiger partial charge is 0.276 e. The third kappa shape index (κ3) is 8.05. The monoisotopic (exact) mass is 726 g/mol. The maximum atomic E-state index is 14.2. The molecule has 3 aromatic heterocycles. The van der Waals surface area contributed by atoms with Crippen LogP contribution in [0, 0.1) is 12.8 Å². The lowest BCUT2D eigenvalue weighted by Crippen LogP contribution is -2.48. The van der Waals surface area contributed by atoms with E-state index < -0.39 is 65.3 Å². The molecule has 1 saturated heterocycles. The molecule has 2 aliphatic rings. The molecule has 1 fully saturated rings. The van der Waals surface area contributed by atoms with Gasteiger partial charge in [0, 0.05) is 31.7 Å². The van der Waals surface area contributed by atoms with E-state index in [0.717, 1.165) is 18.1 Å². The Kier molecular flexibility index (Phi) is 10.6. The summed E-state index contributed by atoms with van der Waals surface area (Å²) >= 11 is 0. The number of hydrogen-bond acceptors (Lipinski definition) is 10. The summed E-state index contributed by atoms with van der Waals surface area (Å²) < 4.78 is 12.7. The Morgan fingerprint density at radius 1 is 0.906 bits per heavy atom. The first kappa shape index (κ1) is 36.7. The summed E-state index contributed by atoms with van der Waals surface area (Å²) in [4.78, 5) is 91.5. The zero-order chi connectivity index (χ0) is 38.0. The van der Waals surface area contributed by atoms with Gasteiger partial charge < -0.3 is 39.6 Å². The number of carbonyl (C=O) groups excluding carboxylic acids is 5. The van der Waals surface area contributed by atoms with Crippen molar-refractivity contribution in [1.29, 1.82) is 0 Å². The van der Waals surface area contributed by atoms with Crippen molar-refractivity contribution >= 4 is 29.5 Å². The van der Waals surface area contributed by atoms with Gasteiger partial charge in [0.25, 0.3) is 23.3 Å². The number of rotatable bonds is 6. The Bertz CT molecular complexity index is 2090. The lowest BCUT2D eigenvalue weighted by atomic mass is 10.0. The predicted molar refractivity (Wildman–Crippen MR) is 188 cm³/mol. The zero-order valence-corrected chi connectivity index (χ0v) is 30.0. The van der Waals surface area contributed by atoms with Crippen molar-refractivity contribution in [3.8, 4) is 0 Å². The van der Waals surface area contributed by atoms with Gasteiger partial charge in [-0.2, -0.15) is 0 Å². The topological polar surface area (TPSA) is 211 Å². The number of aryl methyl sites for hydroxylation is 1. The zero-order valence-electron chi connectivity index (χ0n) is 30.0. The van der Waals surface area contributed by atoms with Crippen LogP contribution >= 0.6 is 0 Å². The Hall–Kier alpha value is -6.06. The van der Waals surface area contributed by atoms with E-state index >= 15 is 0 Å². The predicted octanol–water partition coefficient (Wildman–Crippen LogP) is 2.12. The van der Waals surface area contributed by atoms with E-state index in [2.05, 4.69) is 31.2 Å². The molecule has 5 atom stereocenters. The fourth-order valence-electron chi connectivity index (χ4n) is 6.49. The molecule has 1 aromatic carbocycles. The van der Waals surface area contributed by atoms with Crippen molar-refractivity contribution in [1.82, 2.24) is 40.7 Å². The maximum absolute atomic E-state index is 14.2. The molecule has 0 aliphatic carbocycles. The molecule has 16 nitrogen and oxygen atoms in total. The Morgan fingerprint density at radius 2 is 1.60 bits per heavy atom. The van der Waals surface area contributed by atoms with Crippen LogP contribution < -0.4 is 26.8 Å². The van der Waals surface area contributed by atoms with Crippen molar-refractivity contribution in [2.45, 2.75) is 77.2 Å². The van der Waals surface area contributed by atoms with Crippen molar-refractivity contribution < 1.29 is 32.8 Å². The molecule has 0 radical (unpaired) electrons. The Balaban J connectivity index is 1.36. The van der Waals surface area contributed by atoms with E-state index in [1.807, 2.05) is 44.2 Å². The number of amides is 5. The molecule has 0 unspecified atom stereocenters. The summed E-state index contributed by atoms with van der Waals surface area (Å²) in [6.07, 6.45) is 2.83. The number of nitrogens with one attached hydrogen (secondary N) is 4. The van der Waals surface area contributed by atoms with Gasteiger partial charge in [-0.3, -0.25) is 28.8 Å². The fraction of sp³-hybridized carbons (Fsp3) is 0.405. The lowest BCUT2D eigenvalue weighted by Gasteiger charge is -2.25. The first-order chi connectivity index (χ1) is 25.3. The van der Waals surface area contributed by atoms with Crippen LogP contribution in [0.5, 0.6) is 0 Å². The van der Waals surface area contributed by atoms with Crippen molar-refractivity contribution in [3.05, 3.63) is 105 Å². The molecule has 5 heterocycles. The maximum Gasteiger partial charge on any atom is 0.276 e. The van der Waals surface area contributed by atoms with Crippen LogP contribution in [0.2, 0.25) is 0 Å². The highest BCUT2D eigenvalue weighted by molar-refractivity contribution is 5.98. The number of oxazole rings is 2. The van der Waals surface area contributed by atoms with E-state index in [-0.39, 0.29) is 54.0 Å². The number of carbonyl (C=O) groups is 5. The minimum Gasteiger partial charge on any atom is -0.446 e. The second-order valence-corrected chi connectivity index (χ2v) is 13.9. The SMILES string of the molecule is Cc1ccc(C(=O)N[C@H]2C[C@H]3C(=O)N[C@@H](Cc4ccccc4)c4nc(co4)C(=O)N[C@H](CC(C)C)C(=O)N[C@H](C)c4nc(co4)C(=O)N3C2)c(=O)n1C. The number of fused-ring (bicyclic) bond motifs is 5. The van der Waals surface area contributed by atoms with Crippen LogP contribution in [0.4, 0.5) is 0 Å². The molecule has 0 spiro atoms. The van der Waals surface area contributed by atoms with E-state index in [9.17, 15) is 28.8 Å². The van der Waals surface area contributed by atoms with Crippen molar-refractivity contribution in [2.75, 3.05) is 6.54 Å². The Labute approximate surface area is 304 Å². The van der Waals surface area contributed by atoms with Crippen LogP contribution in [0.25, 0.3) is 0 Å². The second-order valence-electron chi connectivity index (χ2n) is 13.9. The van der Waals surface area contributed by atoms with Gasteiger partial charge >= 0.3 is 0 Å². The summed E-state index contributed by atoms with van der Waals surface area (Å²) in [5, 5.41) is 11.3. The quantitative estimate of drug-likeness (QED) is 0.227.